The molecule has 0 aliphatic rings. The number of hydrogen-bond acceptors (Lipinski definition) is 6. The Kier molecular flexibility index (Phi) is 45.1. The van der Waals surface area contributed by atoms with E-state index in [-0.39, 0.29) is 37.5 Å². The Hall–Kier alpha value is -4.19. The van der Waals surface area contributed by atoms with Gasteiger partial charge < -0.3 is 14.2 Å². The Morgan fingerprint density at radius 2 is 0.656 bits per heavy atom. The SMILES string of the molecule is CC/C=C/C=C/C=C/C=C/C=C/CCCCCC(=O)OCC(COC(=O)CCC/C=C/C=C/C=C/C=C/C=C/CC)OC(=O)CCCCCCCCCCCCCCCCC. The highest BCUT2D eigenvalue weighted by molar-refractivity contribution is 5.71. The summed E-state index contributed by atoms with van der Waals surface area (Å²) in [5, 5.41) is 0. The zero-order chi connectivity index (χ0) is 44.4. The topological polar surface area (TPSA) is 78.9 Å². The first-order valence-electron chi connectivity index (χ1n) is 24.2. The van der Waals surface area contributed by atoms with Crippen LogP contribution in [0.1, 0.15) is 188 Å². The van der Waals surface area contributed by atoms with Gasteiger partial charge in [0.25, 0.3) is 0 Å². The van der Waals surface area contributed by atoms with Crippen LogP contribution in [0.5, 0.6) is 0 Å². The van der Waals surface area contributed by atoms with Crippen molar-refractivity contribution in [1.29, 1.82) is 0 Å². The van der Waals surface area contributed by atoms with Gasteiger partial charge in [0.05, 0.1) is 0 Å². The smallest absolute Gasteiger partial charge is 0.306 e. The summed E-state index contributed by atoms with van der Waals surface area (Å²) < 4.78 is 16.7. The number of carbonyl (C=O) groups excluding carboxylic acids is 3. The van der Waals surface area contributed by atoms with Crippen molar-refractivity contribution in [1.82, 2.24) is 0 Å². The third-order valence-corrected chi connectivity index (χ3v) is 9.72. The van der Waals surface area contributed by atoms with Gasteiger partial charge in [0, 0.05) is 19.3 Å². The van der Waals surface area contributed by atoms with Crippen LogP contribution in [0, 0.1) is 0 Å². The summed E-state index contributed by atoms with van der Waals surface area (Å²) in [5.41, 5.74) is 0. The number of carbonyl (C=O) groups is 3. The molecule has 61 heavy (non-hydrogen) atoms. The molecule has 1 unspecified atom stereocenters. The Bertz CT molecular complexity index is 1340. The Morgan fingerprint density at radius 3 is 1.07 bits per heavy atom. The minimum Gasteiger partial charge on any atom is -0.462 e. The van der Waals surface area contributed by atoms with E-state index in [4.69, 9.17) is 14.2 Å². The molecule has 0 saturated heterocycles. The predicted octanol–water partition coefficient (Wildman–Crippen LogP) is 15.7. The molecule has 0 radical (unpaired) electrons. The first-order valence-corrected chi connectivity index (χ1v) is 24.2. The van der Waals surface area contributed by atoms with E-state index in [2.05, 4.69) is 39.0 Å². The number of rotatable bonds is 41. The van der Waals surface area contributed by atoms with E-state index in [9.17, 15) is 14.4 Å². The van der Waals surface area contributed by atoms with Crippen molar-refractivity contribution < 1.29 is 28.6 Å². The van der Waals surface area contributed by atoms with Gasteiger partial charge in [-0.05, 0) is 51.4 Å². The van der Waals surface area contributed by atoms with Gasteiger partial charge in [-0.2, -0.15) is 0 Å². The largest absolute Gasteiger partial charge is 0.462 e. The van der Waals surface area contributed by atoms with E-state index in [0.717, 1.165) is 64.2 Å². The normalized spacial score (nSPS) is 13.2. The third-order valence-electron chi connectivity index (χ3n) is 9.72. The number of unbranched alkanes of at least 4 members (excludes halogenated alkanes) is 18. The van der Waals surface area contributed by atoms with Gasteiger partial charge in [-0.25, -0.2) is 0 Å². The molecular formula is C55H86O6. The molecule has 6 nitrogen and oxygen atoms in total. The maximum atomic E-state index is 12.8. The van der Waals surface area contributed by atoms with Gasteiger partial charge in [0.2, 0.25) is 0 Å². The summed E-state index contributed by atoms with van der Waals surface area (Å²) in [7, 11) is 0. The molecule has 0 saturated carbocycles. The van der Waals surface area contributed by atoms with Gasteiger partial charge in [-0.3, -0.25) is 14.4 Å². The molecule has 0 bridgehead atoms. The third kappa shape index (κ3) is 46.7. The quantitative estimate of drug-likeness (QED) is 0.0264. The van der Waals surface area contributed by atoms with Crippen LogP contribution < -0.4 is 0 Å². The maximum Gasteiger partial charge on any atom is 0.306 e. The highest BCUT2D eigenvalue weighted by Gasteiger charge is 2.19. The molecule has 0 aliphatic carbocycles. The van der Waals surface area contributed by atoms with E-state index >= 15 is 0 Å². The molecule has 0 fully saturated rings. The highest BCUT2D eigenvalue weighted by Crippen LogP contribution is 2.14. The average Bonchev–Trinajstić information content (AvgIpc) is 3.26. The zero-order valence-electron chi connectivity index (χ0n) is 38.9. The maximum absolute atomic E-state index is 12.8. The second kappa shape index (κ2) is 48.5. The fraction of sp³-hybridized carbons (Fsp3) is 0.582. The highest BCUT2D eigenvalue weighted by atomic mass is 16.6. The average molecular weight is 843 g/mol. The fourth-order valence-electron chi connectivity index (χ4n) is 6.14. The first kappa shape index (κ1) is 56.8. The second-order valence-electron chi connectivity index (χ2n) is 15.5. The van der Waals surface area contributed by atoms with Crippen LogP contribution in [-0.2, 0) is 28.6 Å². The Labute approximate surface area is 373 Å². The van der Waals surface area contributed by atoms with Crippen LogP contribution in [0.15, 0.2) is 122 Å². The number of esters is 3. The molecule has 0 aromatic rings. The molecule has 0 aromatic carbocycles. The predicted molar refractivity (Wildman–Crippen MR) is 260 cm³/mol. The van der Waals surface area contributed by atoms with Crippen LogP contribution in [0.25, 0.3) is 0 Å². The van der Waals surface area contributed by atoms with E-state index in [1.54, 1.807) is 0 Å². The molecule has 342 valence electrons. The molecule has 0 N–H and O–H groups in total. The first-order chi connectivity index (χ1) is 30.0. The zero-order valence-corrected chi connectivity index (χ0v) is 38.9. The van der Waals surface area contributed by atoms with E-state index in [0.29, 0.717) is 19.3 Å². The number of ether oxygens (including phenoxy) is 3. The van der Waals surface area contributed by atoms with Crippen molar-refractivity contribution in [2.75, 3.05) is 13.2 Å². The van der Waals surface area contributed by atoms with Crippen molar-refractivity contribution in [2.24, 2.45) is 0 Å². The van der Waals surface area contributed by atoms with Crippen LogP contribution in [-0.4, -0.2) is 37.2 Å². The van der Waals surface area contributed by atoms with Crippen molar-refractivity contribution in [2.45, 2.75) is 194 Å². The summed E-state index contributed by atoms with van der Waals surface area (Å²) in [5.74, 6) is -1.05. The molecular weight excluding hydrogens is 757 g/mol. The van der Waals surface area contributed by atoms with E-state index in [1.165, 1.54) is 77.0 Å². The lowest BCUT2D eigenvalue weighted by Gasteiger charge is -2.18. The standard InChI is InChI=1S/C55H86O6/c1-4-7-10-13-16-19-22-25-27-30-33-36-39-42-45-48-54(57)60-51-52(50-59-53(56)47-44-41-38-35-32-29-24-21-18-15-12-9-6-3)61-55(58)49-46-43-40-37-34-31-28-26-23-20-17-14-11-8-5-2/h7,9-10,12-13,15-16,18-19,21-22,24-25,27,29-30,32-33,35,38,52H,4-6,8,11,14,17,20,23,26,28,31,34,36-37,39-51H2,1-3H3/b10-7+,12-9+,16-13+,18-15+,22-19+,24-21+,27-25+,32-29+,33-30+,38-35+. The monoisotopic (exact) mass is 843 g/mol. The van der Waals surface area contributed by atoms with Crippen molar-refractivity contribution in [3.8, 4) is 0 Å². The molecule has 0 heterocycles. The lowest BCUT2D eigenvalue weighted by Crippen LogP contribution is -2.30. The second-order valence-corrected chi connectivity index (χ2v) is 15.5. The lowest BCUT2D eigenvalue weighted by molar-refractivity contribution is -0.167. The van der Waals surface area contributed by atoms with Crippen LogP contribution in [0.2, 0.25) is 0 Å². The van der Waals surface area contributed by atoms with Crippen molar-refractivity contribution in [3.63, 3.8) is 0 Å². The van der Waals surface area contributed by atoms with Gasteiger partial charge in [0.1, 0.15) is 13.2 Å². The molecule has 0 aliphatic heterocycles. The van der Waals surface area contributed by atoms with Crippen molar-refractivity contribution in [3.05, 3.63) is 122 Å². The number of hydrogen-bond donors (Lipinski definition) is 0. The van der Waals surface area contributed by atoms with Crippen LogP contribution in [0.3, 0.4) is 0 Å². The fourth-order valence-corrected chi connectivity index (χ4v) is 6.14. The van der Waals surface area contributed by atoms with Crippen molar-refractivity contribution >= 4 is 17.9 Å². The lowest BCUT2D eigenvalue weighted by atomic mass is 10.0. The van der Waals surface area contributed by atoms with Gasteiger partial charge in [-0.1, -0.05) is 239 Å². The Balaban J connectivity index is 4.58. The van der Waals surface area contributed by atoms with E-state index < -0.39 is 6.10 Å². The molecule has 1 atom stereocenters. The van der Waals surface area contributed by atoms with Gasteiger partial charge in [0.15, 0.2) is 6.10 Å². The minimum absolute atomic E-state index is 0.125. The summed E-state index contributed by atoms with van der Waals surface area (Å²) in [6.45, 7) is 6.23. The molecule has 0 amide bonds. The van der Waals surface area contributed by atoms with Gasteiger partial charge >= 0.3 is 17.9 Å². The molecule has 0 spiro atoms. The summed E-state index contributed by atoms with van der Waals surface area (Å²) >= 11 is 0. The molecule has 0 aromatic heterocycles. The van der Waals surface area contributed by atoms with Gasteiger partial charge in [-0.15, -0.1) is 0 Å². The number of allylic oxidation sites excluding steroid dienone is 20. The summed E-state index contributed by atoms with van der Waals surface area (Å²) in [4.78, 5) is 37.9. The molecule has 6 heteroatoms. The van der Waals surface area contributed by atoms with Crippen LogP contribution >= 0.6 is 0 Å². The minimum atomic E-state index is -0.825. The van der Waals surface area contributed by atoms with E-state index in [1.807, 2.05) is 103 Å². The Morgan fingerprint density at radius 1 is 0.344 bits per heavy atom. The molecule has 0 rings (SSSR count). The summed E-state index contributed by atoms with van der Waals surface area (Å²) in [6.07, 6.45) is 66.1. The van der Waals surface area contributed by atoms with Crippen LogP contribution in [0.4, 0.5) is 0 Å². The summed E-state index contributed by atoms with van der Waals surface area (Å²) in [6, 6.07) is 0.